The molecule has 1 aliphatic heterocycles. The fraction of sp³-hybridized carbons (Fsp3) is 0.292. The molecule has 0 atom stereocenters. The molecule has 4 aromatic rings. The minimum atomic E-state index is -0.525. The average molecular weight is 466 g/mol. The van der Waals surface area contributed by atoms with Crippen molar-refractivity contribution in [3.05, 3.63) is 92.4 Å². The summed E-state index contributed by atoms with van der Waals surface area (Å²) in [6.07, 6.45) is 0. The molecular formula is C24H24F2N6O2. The van der Waals surface area contributed by atoms with E-state index in [-0.39, 0.29) is 11.6 Å². The van der Waals surface area contributed by atoms with Crippen LogP contribution in [-0.4, -0.2) is 50.2 Å². The van der Waals surface area contributed by atoms with Gasteiger partial charge >= 0.3 is 5.69 Å². The van der Waals surface area contributed by atoms with Crippen molar-refractivity contribution in [3.63, 3.8) is 0 Å². The second-order valence-corrected chi connectivity index (χ2v) is 8.47. The Labute approximate surface area is 193 Å². The summed E-state index contributed by atoms with van der Waals surface area (Å²) in [6, 6.07) is 12.6. The van der Waals surface area contributed by atoms with Crippen molar-refractivity contribution in [1.29, 1.82) is 0 Å². The normalized spacial score (nSPS) is 14.7. The maximum atomic E-state index is 13.4. The summed E-state index contributed by atoms with van der Waals surface area (Å²) >= 11 is 0. The third-order valence-corrected chi connectivity index (χ3v) is 6.27. The highest BCUT2D eigenvalue weighted by atomic mass is 19.1. The van der Waals surface area contributed by atoms with Gasteiger partial charge in [0.2, 0.25) is 0 Å². The highest BCUT2D eigenvalue weighted by molar-refractivity contribution is 5.71. The molecule has 0 unspecified atom stereocenters. The molecule has 10 heteroatoms. The zero-order valence-electron chi connectivity index (χ0n) is 18.7. The maximum Gasteiger partial charge on any atom is 0.329 e. The molecule has 176 valence electrons. The zero-order valence-corrected chi connectivity index (χ0v) is 18.7. The van der Waals surface area contributed by atoms with Gasteiger partial charge in [-0.25, -0.2) is 18.6 Å². The number of nitrogens with one attached hydrogen (secondary N) is 1. The van der Waals surface area contributed by atoms with E-state index in [4.69, 9.17) is 0 Å². The van der Waals surface area contributed by atoms with E-state index in [1.54, 1.807) is 35.9 Å². The lowest BCUT2D eigenvalue weighted by Crippen LogP contribution is -2.46. The number of aromatic nitrogens is 4. The summed E-state index contributed by atoms with van der Waals surface area (Å²) in [6.45, 7) is 3.86. The van der Waals surface area contributed by atoms with Crippen LogP contribution in [0, 0.1) is 11.6 Å². The van der Waals surface area contributed by atoms with Gasteiger partial charge in [-0.15, -0.1) is 0 Å². The summed E-state index contributed by atoms with van der Waals surface area (Å²) < 4.78 is 29.8. The van der Waals surface area contributed by atoms with Gasteiger partial charge in [0.25, 0.3) is 5.56 Å². The smallest absolute Gasteiger partial charge is 0.329 e. The van der Waals surface area contributed by atoms with Gasteiger partial charge in [-0.3, -0.25) is 19.2 Å². The van der Waals surface area contributed by atoms with E-state index in [1.807, 2.05) is 0 Å². The van der Waals surface area contributed by atoms with Crippen molar-refractivity contribution >= 4 is 16.9 Å². The summed E-state index contributed by atoms with van der Waals surface area (Å²) in [4.78, 5) is 36.3. The van der Waals surface area contributed by atoms with Crippen LogP contribution in [-0.2, 0) is 20.1 Å². The van der Waals surface area contributed by atoms with Crippen LogP contribution in [0.2, 0.25) is 0 Å². The van der Waals surface area contributed by atoms with Gasteiger partial charge in [0.15, 0.2) is 11.2 Å². The van der Waals surface area contributed by atoms with Crippen molar-refractivity contribution in [2.24, 2.45) is 7.05 Å². The van der Waals surface area contributed by atoms with Crippen LogP contribution < -0.4 is 16.1 Å². The number of anilines is 1. The van der Waals surface area contributed by atoms with E-state index < -0.39 is 11.2 Å². The van der Waals surface area contributed by atoms with E-state index in [0.717, 1.165) is 37.4 Å². The molecule has 2 aromatic carbocycles. The number of hydrogen-bond donors (Lipinski definition) is 1. The zero-order chi connectivity index (χ0) is 23.8. The standard InChI is InChI=1S/C24H24F2N6O2/c1-29-22-21(23(33)28-24(29)34)32(14-16-2-4-17(25)5-3-16)20(27-22)15-30-10-12-31(13-11-30)19-8-6-18(26)7-9-19/h2-9H,10-15H2,1H3,(H,28,33,34). The Balaban J connectivity index is 1.43. The third kappa shape index (κ3) is 4.24. The number of halogens is 2. The molecule has 8 nitrogen and oxygen atoms in total. The minimum absolute atomic E-state index is 0.258. The van der Waals surface area contributed by atoms with Crippen molar-refractivity contribution < 1.29 is 8.78 Å². The van der Waals surface area contributed by atoms with Gasteiger partial charge in [-0.1, -0.05) is 12.1 Å². The highest BCUT2D eigenvalue weighted by Gasteiger charge is 2.22. The average Bonchev–Trinajstić information content (AvgIpc) is 3.18. The number of hydrogen-bond acceptors (Lipinski definition) is 5. The van der Waals surface area contributed by atoms with E-state index in [9.17, 15) is 18.4 Å². The minimum Gasteiger partial charge on any atom is -0.369 e. The van der Waals surface area contributed by atoms with Gasteiger partial charge in [0, 0.05) is 45.5 Å². The number of fused-ring (bicyclic) bond motifs is 1. The summed E-state index contributed by atoms with van der Waals surface area (Å²) in [7, 11) is 1.57. The van der Waals surface area contributed by atoms with Gasteiger partial charge < -0.3 is 9.47 Å². The Morgan fingerprint density at radius 1 is 0.882 bits per heavy atom. The Kier molecular flexibility index (Phi) is 5.74. The molecule has 1 fully saturated rings. The van der Waals surface area contributed by atoms with Crippen molar-refractivity contribution in [2.45, 2.75) is 13.1 Å². The predicted molar refractivity (Wildman–Crippen MR) is 125 cm³/mol. The number of imidazole rings is 1. The SMILES string of the molecule is Cn1c(=O)[nH]c(=O)c2c1nc(CN1CCN(c3ccc(F)cc3)CC1)n2Cc1ccc(F)cc1. The molecule has 1 aliphatic rings. The number of H-pyrrole nitrogens is 1. The van der Waals surface area contributed by atoms with Gasteiger partial charge in [0.05, 0.1) is 6.54 Å². The Hall–Kier alpha value is -3.79. The fourth-order valence-corrected chi connectivity index (χ4v) is 4.36. The molecule has 0 spiro atoms. The number of aromatic amines is 1. The van der Waals surface area contributed by atoms with Crippen LogP contribution in [0.25, 0.3) is 11.2 Å². The van der Waals surface area contributed by atoms with Gasteiger partial charge in [0.1, 0.15) is 17.5 Å². The lowest BCUT2D eigenvalue weighted by Gasteiger charge is -2.36. The Morgan fingerprint density at radius 2 is 1.50 bits per heavy atom. The number of piperazine rings is 1. The monoisotopic (exact) mass is 466 g/mol. The number of nitrogens with zero attached hydrogens (tertiary/aromatic N) is 5. The molecule has 0 amide bonds. The molecule has 5 rings (SSSR count). The van der Waals surface area contributed by atoms with Gasteiger partial charge in [-0.05, 0) is 42.0 Å². The predicted octanol–water partition coefficient (Wildman–Crippen LogP) is 2.07. The number of rotatable bonds is 5. The molecule has 2 aromatic heterocycles. The summed E-state index contributed by atoms with van der Waals surface area (Å²) in [5.41, 5.74) is 1.40. The first-order valence-corrected chi connectivity index (χ1v) is 11.0. The Morgan fingerprint density at radius 3 is 2.15 bits per heavy atom. The second kappa shape index (κ2) is 8.86. The van der Waals surface area contributed by atoms with E-state index in [2.05, 4.69) is 19.8 Å². The first-order valence-electron chi connectivity index (χ1n) is 11.0. The molecule has 0 radical (unpaired) electrons. The van der Waals surface area contributed by atoms with E-state index >= 15 is 0 Å². The van der Waals surface area contributed by atoms with Crippen molar-refractivity contribution in [2.75, 3.05) is 31.1 Å². The molecule has 34 heavy (non-hydrogen) atoms. The molecular weight excluding hydrogens is 442 g/mol. The van der Waals surface area contributed by atoms with Crippen LogP contribution in [0.4, 0.5) is 14.5 Å². The third-order valence-electron chi connectivity index (χ3n) is 6.27. The first kappa shape index (κ1) is 22.0. The molecule has 3 heterocycles. The molecule has 0 aliphatic carbocycles. The summed E-state index contributed by atoms with van der Waals surface area (Å²) in [5.74, 6) is 0.0619. The number of aryl methyl sites for hydroxylation is 1. The van der Waals surface area contributed by atoms with Crippen LogP contribution in [0.3, 0.4) is 0 Å². The van der Waals surface area contributed by atoms with Crippen LogP contribution in [0.1, 0.15) is 11.4 Å². The van der Waals surface area contributed by atoms with E-state index in [1.165, 1.54) is 28.8 Å². The molecule has 1 N–H and O–H groups in total. The lowest BCUT2D eigenvalue weighted by molar-refractivity contribution is 0.241. The maximum absolute atomic E-state index is 13.4. The topological polar surface area (TPSA) is 79.2 Å². The number of benzene rings is 2. The van der Waals surface area contributed by atoms with Crippen LogP contribution in [0.5, 0.6) is 0 Å². The van der Waals surface area contributed by atoms with Crippen molar-refractivity contribution in [3.8, 4) is 0 Å². The molecule has 0 saturated carbocycles. The van der Waals surface area contributed by atoms with Crippen LogP contribution >= 0.6 is 0 Å². The highest BCUT2D eigenvalue weighted by Crippen LogP contribution is 2.20. The van der Waals surface area contributed by atoms with Crippen LogP contribution in [0.15, 0.2) is 58.1 Å². The lowest BCUT2D eigenvalue weighted by atomic mass is 10.2. The van der Waals surface area contributed by atoms with Crippen molar-refractivity contribution in [1.82, 2.24) is 24.0 Å². The largest absolute Gasteiger partial charge is 0.369 e. The Bertz CT molecular complexity index is 1430. The second-order valence-electron chi connectivity index (χ2n) is 8.47. The van der Waals surface area contributed by atoms with E-state index in [0.29, 0.717) is 30.1 Å². The quantitative estimate of drug-likeness (QED) is 0.487. The fourth-order valence-electron chi connectivity index (χ4n) is 4.36. The molecule has 1 saturated heterocycles. The molecule has 0 bridgehead atoms. The summed E-state index contributed by atoms with van der Waals surface area (Å²) in [5, 5.41) is 0. The van der Waals surface area contributed by atoms with Gasteiger partial charge in [-0.2, -0.15) is 0 Å². The first-order chi connectivity index (χ1) is 16.4.